The molecule has 76 heavy (non-hydrogen) atoms. The molecule has 9 nitrogen and oxygen atoms in total. The maximum atomic E-state index is 12.8. The fraction of sp³-hybridized carbons (Fsp3) is 0.606. The van der Waals surface area contributed by atoms with Gasteiger partial charge in [-0.3, -0.25) is 14.2 Å². The molecule has 430 valence electrons. The van der Waals surface area contributed by atoms with Crippen LogP contribution >= 0.6 is 7.82 Å². The van der Waals surface area contributed by atoms with E-state index in [1.165, 1.54) is 32.1 Å². The quantitative estimate of drug-likeness (QED) is 0.0195. The van der Waals surface area contributed by atoms with Crippen molar-refractivity contribution < 1.29 is 42.1 Å². The maximum Gasteiger partial charge on any atom is 0.306 e. The van der Waals surface area contributed by atoms with Crippen LogP contribution in [-0.2, 0) is 32.7 Å². The molecule has 0 aromatic carbocycles. The second kappa shape index (κ2) is 55.6. The lowest BCUT2D eigenvalue weighted by molar-refractivity contribution is -0.870. The Kier molecular flexibility index (Phi) is 52.6. The zero-order valence-corrected chi connectivity index (χ0v) is 49.5. The van der Waals surface area contributed by atoms with Gasteiger partial charge in [0.15, 0.2) is 6.10 Å². The predicted molar refractivity (Wildman–Crippen MR) is 323 cm³/mol. The Bertz CT molecular complexity index is 1790. The van der Waals surface area contributed by atoms with Crippen molar-refractivity contribution in [3.05, 3.63) is 146 Å². The lowest BCUT2D eigenvalue weighted by Gasteiger charge is -2.28. The van der Waals surface area contributed by atoms with Gasteiger partial charge in [-0.2, -0.15) is 0 Å². The molecule has 0 aliphatic carbocycles. The average Bonchev–Trinajstić information content (AvgIpc) is 3.38. The number of carbonyl (C=O) groups is 2. The van der Waals surface area contributed by atoms with Gasteiger partial charge in [0.25, 0.3) is 7.82 Å². The first-order chi connectivity index (χ1) is 37.0. The van der Waals surface area contributed by atoms with Crippen LogP contribution in [0.3, 0.4) is 0 Å². The lowest BCUT2D eigenvalue weighted by Crippen LogP contribution is -2.37. The van der Waals surface area contributed by atoms with Crippen molar-refractivity contribution in [3.63, 3.8) is 0 Å². The topological polar surface area (TPSA) is 111 Å². The standard InChI is InChI=1S/C66H108NO8P/c1-6-8-10-12-14-16-18-20-22-23-24-25-26-27-28-29-30-31-32-33-34-35-36-37-38-39-40-41-42-43-45-47-49-51-53-55-57-59-66(69)75-64(63-74-76(70,71)73-61-60-67(3,4)5)62-72-65(68)58-56-54-52-50-48-46-44-21-19-17-15-13-11-9-7-2/h8-11,14-17,20-22,24-25,27-28,30-31,33-34,36-37,39-40,44,64H,6-7,12-13,18-19,23,26,29,32,35,38,41-43,45-63H2,1-5H3/b10-8-,11-9-,16-14-,17-15-,22-20-,25-24-,28-27-,31-30-,34-33-,37-36-,40-39-,44-21-. The van der Waals surface area contributed by atoms with Crippen molar-refractivity contribution in [1.29, 1.82) is 0 Å². The highest BCUT2D eigenvalue weighted by Gasteiger charge is 2.21. The van der Waals surface area contributed by atoms with Crippen LogP contribution < -0.4 is 4.89 Å². The molecule has 2 atom stereocenters. The average molecular weight is 1070 g/mol. The van der Waals surface area contributed by atoms with Crippen LogP contribution in [0.1, 0.15) is 206 Å². The first-order valence-corrected chi connectivity index (χ1v) is 31.0. The van der Waals surface area contributed by atoms with Crippen LogP contribution in [0.5, 0.6) is 0 Å². The molecule has 0 amide bonds. The number of ether oxygens (including phenoxy) is 2. The van der Waals surface area contributed by atoms with E-state index in [1.807, 2.05) is 21.1 Å². The zero-order chi connectivity index (χ0) is 55.6. The third-order valence-electron chi connectivity index (χ3n) is 11.9. The molecule has 0 rings (SSSR count). The van der Waals surface area contributed by atoms with Crippen molar-refractivity contribution in [3.8, 4) is 0 Å². The first-order valence-electron chi connectivity index (χ1n) is 29.5. The lowest BCUT2D eigenvalue weighted by atomic mass is 10.1. The molecule has 0 bridgehead atoms. The van der Waals surface area contributed by atoms with Crippen molar-refractivity contribution >= 4 is 19.8 Å². The molecule has 0 heterocycles. The number of quaternary nitrogens is 1. The van der Waals surface area contributed by atoms with Crippen LogP contribution in [0.15, 0.2) is 146 Å². The van der Waals surface area contributed by atoms with Gasteiger partial charge in [-0.1, -0.05) is 224 Å². The molecule has 0 aliphatic rings. The molecule has 0 fully saturated rings. The molecule has 0 aliphatic heterocycles. The smallest absolute Gasteiger partial charge is 0.306 e. The summed E-state index contributed by atoms with van der Waals surface area (Å²) in [5.41, 5.74) is 0. The minimum Gasteiger partial charge on any atom is -0.756 e. The van der Waals surface area contributed by atoms with Crippen molar-refractivity contribution in [2.24, 2.45) is 0 Å². The van der Waals surface area contributed by atoms with Gasteiger partial charge in [0.1, 0.15) is 19.8 Å². The molecule has 0 saturated carbocycles. The monoisotopic (exact) mass is 1070 g/mol. The molecule has 0 aromatic rings. The van der Waals surface area contributed by atoms with Gasteiger partial charge >= 0.3 is 11.9 Å². The summed E-state index contributed by atoms with van der Waals surface area (Å²) >= 11 is 0. The van der Waals surface area contributed by atoms with Crippen molar-refractivity contribution in [1.82, 2.24) is 0 Å². The van der Waals surface area contributed by atoms with Crippen LogP contribution in [0, 0.1) is 0 Å². The number of rotatable bonds is 52. The minimum atomic E-state index is -4.65. The summed E-state index contributed by atoms with van der Waals surface area (Å²) in [7, 11) is 1.13. The van der Waals surface area contributed by atoms with Crippen molar-refractivity contribution in [2.45, 2.75) is 213 Å². The molecule has 0 aromatic heterocycles. The highest BCUT2D eigenvalue weighted by atomic mass is 31.2. The molecule has 0 radical (unpaired) electrons. The Morgan fingerprint density at radius 1 is 0.408 bits per heavy atom. The Morgan fingerprint density at radius 2 is 0.711 bits per heavy atom. The van der Waals surface area contributed by atoms with Gasteiger partial charge in [0.05, 0.1) is 27.7 Å². The van der Waals surface area contributed by atoms with Gasteiger partial charge in [-0.25, -0.2) is 0 Å². The van der Waals surface area contributed by atoms with Gasteiger partial charge in [-0.05, 0) is 116 Å². The summed E-state index contributed by atoms with van der Waals surface area (Å²) in [4.78, 5) is 37.8. The molecule has 2 unspecified atom stereocenters. The van der Waals surface area contributed by atoms with Crippen LogP contribution in [0.4, 0.5) is 0 Å². The summed E-state index contributed by atoms with van der Waals surface area (Å²) in [6.45, 7) is 3.96. The fourth-order valence-corrected chi connectivity index (χ4v) is 8.10. The van der Waals surface area contributed by atoms with Crippen LogP contribution in [0.2, 0.25) is 0 Å². The van der Waals surface area contributed by atoms with E-state index in [2.05, 4.69) is 160 Å². The number of nitrogens with zero attached hydrogens (tertiary/aromatic N) is 1. The van der Waals surface area contributed by atoms with Crippen LogP contribution in [-0.4, -0.2) is 70.0 Å². The molecule has 0 N–H and O–H groups in total. The van der Waals surface area contributed by atoms with E-state index in [4.69, 9.17) is 18.5 Å². The van der Waals surface area contributed by atoms with E-state index >= 15 is 0 Å². The number of phosphoric ester groups is 1. The number of unbranched alkanes of at least 4 members (excludes halogenated alkanes) is 14. The summed E-state index contributed by atoms with van der Waals surface area (Å²) in [6.07, 6.45) is 81.9. The molecular formula is C66H108NO8P. The highest BCUT2D eigenvalue weighted by Crippen LogP contribution is 2.38. The summed E-state index contributed by atoms with van der Waals surface area (Å²) < 4.78 is 34.1. The Hall–Kier alpha value is -4.11. The summed E-state index contributed by atoms with van der Waals surface area (Å²) in [5, 5.41) is 0. The van der Waals surface area contributed by atoms with E-state index in [9.17, 15) is 19.0 Å². The third kappa shape index (κ3) is 59.1. The predicted octanol–water partition coefficient (Wildman–Crippen LogP) is 18.1. The van der Waals surface area contributed by atoms with E-state index in [-0.39, 0.29) is 26.1 Å². The van der Waals surface area contributed by atoms with E-state index in [0.717, 1.165) is 135 Å². The van der Waals surface area contributed by atoms with Crippen LogP contribution in [0.25, 0.3) is 0 Å². The second-order valence-corrected chi connectivity index (χ2v) is 21.7. The second-order valence-electron chi connectivity index (χ2n) is 20.2. The Balaban J connectivity index is 4.16. The number of esters is 2. The van der Waals surface area contributed by atoms with Gasteiger partial charge < -0.3 is 27.9 Å². The summed E-state index contributed by atoms with van der Waals surface area (Å²) in [5.74, 6) is -0.872. The number of hydrogen-bond donors (Lipinski definition) is 0. The highest BCUT2D eigenvalue weighted by molar-refractivity contribution is 7.45. The van der Waals surface area contributed by atoms with Gasteiger partial charge in [0.2, 0.25) is 0 Å². The summed E-state index contributed by atoms with van der Waals surface area (Å²) in [6, 6.07) is 0. The molecule has 0 saturated heterocycles. The number of phosphoric acid groups is 1. The van der Waals surface area contributed by atoms with Gasteiger partial charge in [0, 0.05) is 12.8 Å². The number of carbonyl (C=O) groups excluding carboxylic acids is 2. The Morgan fingerprint density at radius 3 is 1.05 bits per heavy atom. The van der Waals surface area contributed by atoms with E-state index in [1.54, 1.807) is 0 Å². The Labute approximate surface area is 465 Å². The zero-order valence-electron chi connectivity index (χ0n) is 48.6. The number of hydrogen-bond acceptors (Lipinski definition) is 8. The normalized spacial score (nSPS) is 14.3. The molecule has 10 heteroatoms. The number of allylic oxidation sites excluding steroid dienone is 24. The number of likely N-dealkylation sites (N-methyl/N-ethyl adjacent to an activating group) is 1. The third-order valence-corrected chi connectivity index (χ3v) is 12.8. The van der Waals surface area contributed by atoms with E-state index < -0.39 is 32.5 Å². The molecule has 0 spiro atoms. The SMILES string of the molecule is CC/C=C\C/C=C\C/C=C\C/C=C\C/C=C\C/C=C\C/C=C\C/C=C\C/C=C\CCCCCCCCCCCC(=O)OC(COC(=O)CCCCCCC/C=C\C/C=C\C/C=C\CC)COP(=O)([O-])OCC[N+](C)(C)C. The van der Waals surface area contributed by atoms with E-state index in [0.29, 0.717) is 23.9 Å². The largest absolute Gasteiger partial charge is 0.756 e. The van der Waals surface area contributed by atoms with Crippen molar-refractivity contribution in [2.75, 3.05) is 47.5 Å². The van der Waals surface area contributed by atoms with Gasteiger partial charge in [-0.15, -0.1) is 0 Å². The molecular weight excluding hydrogens is 966 g/mol. The first kappa shape index (κ1) is 71.9. The fourth-order valence-electron chi connectivity index (χ4n) is 7.37. The maximum absolute atomic E-state index is 12.8. The minimum absolute atomic E-state index is 0.0428.